The Morgan fingerprint density at radius 3 is 2.22 bits per heavy atom. The van der Waals surface area contributed by atoms with Gasteiger partial charge in [0.05, 0.1) is 11.8 Å². The number of benzene rings is 1. The highest BCUT2D eigenvalue weighted by Gasteiger charge is 2.42. The van der Waals surface area contributed by atoms with Crippen molar-refractivity contribution in [2.24, 2.45) is 11.8 Å². The van der Waals surface area contributed by atoms with Gasteiger partial charge in [0.25, 0.3) is 0 Å². The Kier molecular flexibility index (Phi) is 3.65. The van der Waals surface area contributed by atoms with Crippen LogP contribution in [-0.4, -0.2) is 22.2 Å². The first-order valence-corrected chi connectivity index (χ1v) is 6.12. The summed E-state index contributed by atoms with van der Waals surface area (Å²) >= 11 is 0. The summed E-state index contributed by atoms with van der Waals surface area (Å²) < 4.78 is 0. The average molecular weight is 248 g/mol. The lowest BCUT2D eigenvalue weighted by molar-refractivity contribution is -0.156. The normalized spacial score (nSPS) is 27.7. The lowest BCUT2D eigenvalue weighted by Crippen LogP contribution is -2.37. The maximum absolute atomic E-state index is 11.4. The van der Waals surface area contributed by atoms with Crippen LogP contribution < -0.4 is 0 Å². The van der Waals surface area contributed by atoms with Gasteiger partial charge < -0.3 is 10.2 Å². The average Bonchev–Trinajstić information content (AvgIpc) is 2.38. The van der Waals surface area contributed by atoms with E-state index in [1.54, 1.807) is 0 Å². The minimum Gasteiger partial charge on any atom is -0.481 e. The molecule has 2 N–H and O–H groups in total. The van der Waals surface area contributed by atoms with E-state index in [0.717, 1.165) is 18.4 Å². The number of carbonyl (C=O) groups is 2. The van der Waals surface area contributed by atoms with Gasteiger partial charge >= 0.3 is 11.9 Å². The molecule has 96 valence electrons. The van der Waals surface area contributed by atoms with Crippen molar-refractivity contribution < 1.29 is 19.8 Å². The predicted octanol–water partition coefficient (Wildman–Crippen LogP) is 2.36. The fraction of sp³-hybridized carbons (Fsp3) is 0.429. The smallest absolute Gasteiger partial charge is 0.307 e. The molecule has 4 heteroatoms. The van der Waals surface area contributed by atoms with E-state index in [-0.39, 0.29) is 5.92 Å². The summed E-state index contributed by atoms with van der Waals surface area (Å²) in [6, 6.07) is 9.35. The number of hydrogen-bond donors (Lipinski definition) is 2. The van der Waals surface area contributed by atoms with Crippen molar-refractivity contribution in [3.63, 3.8) is 0 Å². The van der Waals surface area contributed by atoms with Crippen molar-refractivity contribution in [3.8, 4) is 0 Å². The Labute approximate surface area is 105 Å². The number of carboxylic acid groups (broad SMARTS) is 2. The molecule has 18 heavy (non-hydrogen) atoms. The quantitative estimate of drug-likeness (QED) is 0.861. The third-order valence-electron chi connectivity index (χ3n) is 3.73. The third kappa shape index (κ3) is 2.37. The molecule has 0 spiro atoms. The van der Waals surface area contributed by atoms with Crippen LogP contribution in [0.4, 0.5) is 0 Å². The molecule has 0 saturated heterocycles. The Morgan fingerprint density at radius 1 is 1.00 bits per heavy atom. The minimum absolute atomic E-state index is 0.196. The van der Waals surface area contributed by atoms with Crippen molar-refractivity contribution in [2.45, 2.75) is 25.2 Å². The van der Waals surface area contributed by atoms with Gasteiger partial charge in [0.2, 0.25) is 0 Å². The lowest BCUT2D eigenvalue weighted by atomic mass is 9.69. The SMILES string of the molecule is O=C(O)C1CCCC(c2ccccc2)C1C(=O)O. The van der Waals surface area contributed by atoms with Gasteiger partial charge in [-0.05, 0) is 24.3 Å². The third-order valence-corrected chi connectivity index (χ3v) is 3.73. The molecule has 0 aliphatic heterocycles. The molecule has 1 aromatic carbocycles. The van der Waals surface area contributed by atoms with Gasteiger partial charge in [0, 0.05) is 0 Å². The molecule has 1 aliphatic rings. The summed E-state index contributed by atoms with van der Waals surface area (Å²) in [6.07, 6.45) is 1.96. The molecule has 2 rings (SSSR count). The molecule has 0 heterocycles. The fourth-order valence-corrected chi connectivity index (χ4v) is 2.89. The van der Waals surface area contributed by atoms with Crippen LogP contribution in [0.2, 0.25) is 0 Å². The van der Waals surface area contributed by atoms with E-state index >= 15 is 0 Å². The molecular weight excluding hydrogens is 232 g/mol. The predicted molar refractivity (Wildman–Crippen MR) is 65.3 cm³/mol. The van der Waals surface area contributed by atoms with Crippen LogP contribution in [0.25, 0.3) is 0 Å². The van der Waals surface area contributed by atoms with E-state index in [0.29, 0.717) is 6.42 Å². The molecule has 3 atom stereocenters. The first-order chi connectivity index (χ1) is 8.61. The lowest BCUT2D eigenvalue weighted by Gasteiger charge is -2.33. The molecule has 0 radical (unpaired) electrons. The summed E-state index contributed by atoms with van der Waals surface area (Å²) in [7, 11) is 0. The fourth-order valence-electron chi connectivity index (χ4n) is 2.89. The zero-order valence-electron chi connectivity index (χ0n) is 9.95. The summed E-state index contributed by atoms with van der Waals surface area (Å²) in [6.45, 7) is 0. The van der Waals surface area contributed by atoms with E-state index in [4.69, 9.17) is 5.11 Å². The monoisotopic (exact) mass is 248 g/mol. The molecule has 0 bridgehead atoms. The first kappa shape index (κ1) is 12.6. The second-order valence-corrected chi connectivity index (χ2v) is 4.76. The topological polar surface area (TPSA) is 74.6 Å². The highest BCUT2D eigenvalue weighted by molar-refractivity contribution is 5.81. The van der Waals surface area contributed by atoms with Crippen LogP contribution in [0.3, 0.4) is 0 Å². The van der Waals surface area contributed by atoms with Crippen LogP contribution in [0.15, 0.2) is 30.3 Å². The molecule has 1 saturated carbocycles. The van der Waals surface area contributed by atoms with Crippen LogP contribution in [0.1, 0.15) is 30.7 Å². The molecular formula is C14H16O4. The molecule has 1 aliphatic carbocycles. The standard InChI is InChI=1S/C14H16O4/c15-13(16)11-8-4-7-10(12(11)14(17)18)9-5-2-1-3-6-9/h1-3,5-6,10-12H,4,7-8H2,(H,15,16)(H,17,18). The largest absolute Gasteiger partial charge is 0.481 e. The maximum Gasteiger partial charge on any atom is 0.307 e. The van der Waals surface area contributed by atoms with Crippen molar-refractivity contribution in [1.82, 2.24) is 0 Å². The number of aliphatic carboxylic acids is 2. The van der Waals surface area contributed by atoms with Gasteiger partial charge in [-0.15, -0.1) is 0 Å². The Hall–Kier alpha value is -1.84. The van der Waals surface area contributed by atoms with Gasteiger partial charge in [0.1, 0.15) is 0 Å². The second-order valence-electron chi connectivity index (χ2n) is 4.76. The van der Waals surface area contributed by atoms with Gasteiger partial charge in [-0.2, -0.15) is 0 Å². The highest BCUT2D eigenvalue weighted by Crippen LogP contribution is 2.41. The van der Waals surface area contributed by atoms with Crippen LogP contribution in [0, 0.1) is 11.8 Å². The summed E-state index contributed by atoms with van der Waals surface area (Å²) in [5.74, 6) is -3.79. The van der Waals surface area contributed by atoms with E-state index < -0.39 is 23.8 Å². The van der Waals surface area contributed by atoms with Crippen LogP contribution in [0.5, 0.6) is 0 Å². The van der Waals surface area contributed by atoms with E-state index in [9.17, 15) is 14.7 Å². The molecule has 0 amide bonds. The van der Waals surface area contributed by atoms with Crippen molar-refractivity contribution in [2.75, 3.05) is 0 Å². The maximum atomic E-state index is 11.4. The zero-order chi connectivity index (χ0) is 13.1. The first-order valence-electron chi connectivity index (χ1n) is 6.12. The van der Waals surface area contributed by atoms with Gasteiger partial charge in [-0.1, -0.05) is 36.8 Å². The summed E-state index contributed by atoms with van der Waals surface area (Å²) in [4.78, 5) is 22.6. The van der Waals surface area contributed by atoms with Crippen molar-refractivity contribution >= 4 is 11.9 Å². The van der Waals surface area contributed by atoms with Crippen molar-refractivity contribution in [3.05, 3.63) is 35.9 Å². The summed E-state index contributed by atoms with van der Waals surface area (Å²) in [5, 5.41) is 18.5. The van der Waals surface area contributed by atoms with Crippen LogP contribution in [-0.2, 0) is 9.59 Å². The molecule has 1 aromatic rings. The number of carboxylic acids is 2. The molecule has 0 aromatic heterocycles. The molecule has 4 nitrogen and oxygen atoms in total. The number of hydrogen-bond acceptors (Lipinski definition) is 2. The van der Waals surface area contributed by atoms with E-state index in [1.807, 2.05) is 30.3 Å². The Morgan fingerprint density at radius 2 is 1.67 bits per heavy atom. The Bertz CT molecular complexity index is 440. The van der Waals surface area contributed by atoms with Gasteiger partial charge in [0.15, 0.2) is 0 Å². The molecule has 3 unspecified atom stereocenters. The number of rotatable bonds is 3. The Balaban J connectivity index is 2.33. The van der Waals surface area contributed by atoms with Crippen LogP contribution >= 0.6 is 0 Å². The van der Waals surface area contributed by atoms with Crippen molar-refractivity contribution in [1.29, 1.82) is 0 Å². The minimum atomic E-state index is -1.00. The zero-order valence-corrected chi connectivity index (χ0v) is 9.95. The summed E-state index contributed by atoms with van der Waals surface area (Å²) in [5.41, 5.74) is 0.927. The molecule has 1 fully saturated rings. The van der Waals surface area contributed by atoms with Gasteiger partial charge in [-0.3, -0.25) is 9.59 Å². The van der Waals surface area contributed by atoms with E-state index in [1.165, 1.54) is 0 Å². The van der Waals surface area contributed by atoms with E-state index in [2.05, 4.69) is 0 Å². The second kappa shape index (κ2) is 5.21. The van der Waals surface area contributed by atoms with Gasteiger partial charge in [-0.25, -0.2) is 0 Å². The highest BCUT2D eigenvalue weighted by atomic mass is 16.4.